The van der Waals surface area contributed by atoms with Crippen molar-refractivity contribution in [3.8, 4) is 0 Å². The highest BCUT2D eigenvalue weighted by Crippen LogP contribution is 2.23. The van der Waals surface area contributed by atoms with Crippen LogP contribution in [0.2, 0.25) is 0 Å². The molecule has 2 rings (SSSR count). The Morgan fingerprint density at radius 1 is 1.32 bits per heavy atom. The minimum Gasteiger partial charge on any atom is -0.320 e. The normalized spacial score (nSPS) is 16.4. The first-order chi connectivity index (χ1) is 9.06. The molecule has 1 aliphatic heterocycles. The fourth-order valence-electron chi connectivity index (χ4n) is 1.91. The van der Waals surface area contributed by atoms with E-state index in [1.54, 1.807) is 0 Å². The van der Waals surface area contributed by atoms with Gasteiger partial charge in [-0.05, 0) is 12.1 Å². The molecule has 0 aromatic heterocycles. The third-order valence-electron chi connectivity index (χ3n) is 2.85. The molecular formula is C12H14BrF2N3O. The summed E-state index contributed by atoms with van der Waals surface area (Å²) in [5.74, 6) is -2.00. The smallest absolute Gasteiger partial charge is 0.238 e. The number of amides is 1. The van der Waals surface area contributed by atoms with Gasteiger partial charge in [0, 0.05) is 30.7 Å². The number of carbonyl (C=O) groups is 1. The molecule has 0 aliphatic carbocycles. The first-order valence-corrected chi connectivity index (χ1v) is 6.73. The van der Waals surface area contributed by atoms with Crippen LogP contribution in [-0.4, -0.2) is 43.5 Å². The maximum Gasteiger partial charge on any atom is 0.238 e. The van der Waals surface area contributed by atoms with Gasteiger partial charge in [-0.1, -0.05) is 15.9 Å². The largest absolute Gasteiger partial charge is 0.320 e. The lowest BCUT2D eigenvalue weighted by molar-refractivity contribution is -0.117. The lowest BCUT2D eigenvalue weighted by Crippen LogP contribution is -2.46. The molecule has 0 spiro atoms. The summed E-state index contributed by atoms with van der Waals surface area (Å²) in [6.45, 7) is 3.26. The zero-order valence-corrected chi connectivity index (χ0v) is 11.8. The zero-order valence-electron chi connectivity index (χ0n) is 10.2. The van der Waals surface area contributed by atoms with Gasteiger partial charge in [0.1, 0.15) is 5.69 Å². The molecule has 1 aliphatic rings. The number of carbonyl (C=O) groups excluding carboxylic acids is 1. The summed E-state index contributed by atoms with van der Waals surface area (Å²) in [7, 11) is 0. The van der Waals surface area contributed by atoms with E-state index in [0.29, 0.717) is 4.47 Å². The van der Waals surface area contributed by atoms with Crippen molar-refractivity contribution in [2.75, 3.05) is 38.0 Å². The molecule has 0 bridgehead atoms. The molecule has 1 aromatic carbocycles. The van der Waals surface area contributed by atoms with E-state index < -0.39 is 23.2 Å². The number of piperazine rings is 1. The van der Waals surface area contributed by atoms with Crippen LogP contribution in [0.15, 0.2) is 16.6 Å². The summed E-state index contributed by atoms with van der Waals surface area (Å²) >= 11 is 2.99. The van der Waals surface area contributed by atoms with Gasteiger partial charge in [0.15, 0.2) is 11.6 Å². The average molecular weight is 334 g/mol. The molecular weight excluding hydrogens is 320 g/mol. The van der Waals surface area contributed by atoms with Crippen molar-refractivity contribution in [3.63, 3.8) is 0 Å². The summed E-state index contributed by atoms with van der Waals surface area (Å²) in [6, 6.07) is 2.23. The average Bonchev–Trinajstić information content (AvgIpc) is 2.35. The van der Waals surface area contributed by atoms with Crippen LogP contribution in [0.3, 0.4) is 0 Å². The molecule has 0 unspecified atom stereocenters. The van der Waals surface area contributed by atoms with Crippen LogP contribution in [0.25, 0.3) is 0 Å². The number of nitrogens with zero attached hydrogens (tertiary/aromatic N) is 1. The highest BCUT2D eigenvalue weighted by Gasteiger charge is 2.17. The number of rotatable bonds is 3. The lowest BCUT2D eigenvalue weighted by atomic mass is 10.3. The fraction of sp³-hybridized carbons (Fsp3) is 0.417. The van der Waals surface area contributed by atoms with E-state index in [-0.39, 0.29) is 6.54 Å². The Labute approximate surface area is 118 Å². The Morgan fingerprint density at radius 3 is 2.47 bits per heavy atom. The second-order valence-corrected chi connectivity index (χ2v) is 5.23. The number of hydrogen-bond donors (Lipinski definition) is 2. The van der Waals surface area contributed by atoms with E-state index in [9.17, 15) is 13.6 Å². The van der Waals surface area contributed by atoms with Gasteiger partial charge in [0.25, 0.3) is 0 Å². The Bertz CT molecular complexity index is 455. The molecule has 1 saturated heterocycles. The summed E-state index contributed by atoms with van der Waals surface area (Å²) in [4.78, 5) is 13.7. The van der Waals surface area contributed by atoms with Crippen molar-refractivity contribution in [2.24, 2.45) is 0 Å². The highest BCUT2D eigenvalue weighted by atomic mass is 79.9. The van der Waals surface area contributed by atoms with Crippen LogP contribution in [0.1, 0.15) is 0 Å². The van der Waals surface area contributed by atoms with Gasteiger partial charge < -0.3 is 10.6 Å². The quantitative estimate of drug-likeness (QED) is 0.882. The monoisotopic (exact) mass is 333 g/mol. The Hall–Kier alpha value is -1.05. The molecule has 4 nitrogen and oxygen atoms in total. The molecule has 0 saturated carbocycles. The SMILES string of the molecule is O=C(CN1CCNCC1)Nc1c(F)cc(Br)cc1F. The maximum absolute atomic E-state index is 13.5. The molecule has 1 fully saturated rings. The second kappa shape index (κ2) is 6.40. The van der Waals surface area contributed by atoms with Crippen LogP contribution >= 0.6 is 15.9 Å². The Morgan fingerprint density at radius 2 is 1.89 bits per heavy atom. The first-order valence-electron chi connectivity index (χ1n) is 5.94. The van der Waals surface area contributed by atoms with Crippen LogP contribution in [0, 0.1) is 11.6 Å². The van der Waals surface area contributed by atoms with E-state index in [1.165, 1.54) is 0 Å². The van der Waals surface area contributed by atoms with Crippen molar-refractivity contribution >= 4 is 27.5 Å². The van der Waals surface area contributed by atoms with E-state index in [0.717, 1.165) is 38.3 Å². The fourth-order valence-corrected chi connectivity index (χ4v) is 2.31. The molecule has 0 radical (unpaired) electrons. The minimum atomic E-state index is -0.791. The van der Waals surface area contributed by atoms with Crippen molar-refractivity contribution in [3.05, 3.63) is 28.2 Å². The van der Waals surface area contributed by atoms with Crippen LogP contribution < -0.4 is 10.6 Å². The van der Waals surface area contributed by atoms with E-state index in [1.807, 2.05) is 4.90 Å². The molecule has 1 amide bonds. The molecule has 1 heterocycles. The van der Waals surface area contributed by atoms with Crippen molar-refractivity contribution in [1.29, 1.82) is 0 Å². The first kappa shape index (κ1) is 14.4. The van der Waals surface area contributed by atoms with Gasteiger partial charge in [-0.25, -0.2) is 8.78 Å². The third kappa shape index (κ3) is 3.95. The third-order valence-corrected chi connectivity index (χ3v) is 3.31. The minimum absolute atomic E-state index is 0.136. The number of anilines is 1. The van der Waals surface area contributed by atoms with Gasteiger partial charge in [-0.3, -0.25) is 9.69 Å². The summed E-state index contributed by atoms with van der Waals surface area (Å²) in [5, 5.41) is 5.44. The van der Waals surface area contributed by atoms with Crippen LogP contribution in [-0.2, 0) is 4.79 Å². The van der Waals surface area contributed by atoms with Crippen LogP contribution in [0.5, 0.6) is 0 Å². The maximum atomic E-state index is 13.5. The summed E-state index contributed by atoms with van der Waals surface area (Å²) < 4.78 is 27.4. The molecule has 2 N–H and O–H groups in total. The van der Waals surface area contributed by atoms with Gasteiger partial charge in [-0.15, -0.1) is 0 Å². The van der Waals surface area contributed by atoms with Crippen LogP contribution in [0.4, 0.5) is 14.5 Å². The lowest BCUT2D eigenvalue weighted by Gasteiger charge is -2.26. The van der Waals surface area contributed by atoms with Gasteiger partial charge in [0.2, 0.25) is 5.91 Å². The Kier molecular flexibility index (Phi) is 4.84. The topological polar surface area (TPSA) is 44.4 Å². The number of hydrogen-bond acceptors (Lipinski definition) is 3. The Balaban J connectivity index is 1.98. The highest BCUT2D eigenvalue weighted by molar-refractivity contribution is 9.10. The van der Waals surface area contributed by atoms with E-state index >= 15 is 0 Å². The second-order valence-electron chi connectivity index (χ2n) is 4.32. The van der Waals surface area contributed by atoms with Gasteiger partial charge in [-0.2, -0.15) is 0 Å². The summed E-state index contributed by atoms with van der Waals surface area (Å²) in [6.07, 6.45) is 0. The van der Waals surface area contributed by atoms with Gasteiger partial charge >= 0.3 is 0 Å². The predicted octanol–water partition coefficient (Wildman–Crippen LogP) is 1.57. The van der Waals surface area contributed by atoms with E-state index in [4.69, 9.17) is 0 Å². The van der Waals surface area contributed by atoms with Crippen molar-refractivity contribution < 1.29 is 13.6 Å². The number of halogens is 3. The molecule has 104 valence electrons. The molecule has 7 heteroatoms. The van der Waals surface area contributed by atoms with Crippen molar-refractivity contribution in [2.45, 2.75) is 0 Å². The summed E-state index contributed by atoms with van der Waals surface area (Å²) in [5.41, 5.74) is -0.400. The predicted molar refractivity (Wildman–Crippen MR) is 72.0 cm³/mol. The number of benzene rings is 1. The van der Waals surface area contributed by atoms with Crippen molar-refractivity contribution in [1.82, 2.24) is 10.2 Å². The molecule has 1 aromatic rings. The zero-order chi connectivity index (χ0) is 13.8. The molecule has 0 atom stereocenters. The molecule has 19 heavy (non-hydrogen) atoms. The number of nitrogens with one attached hydrogen (secondary N) is 2. The van der Waals surface area contributed by atoms with Gasteiger partial charge in [0.05, 0.1) is 6.54 Å². The van der Waals surface area contributed by atoms with E-state index in [2.05, 4.69) is 26.6 Å². The standard InChI is InChI=1S/C12H14BrF2N3O/c13-8-5-9(14)12(10(15)6-8)17-11(19)7-18-3-1-16-2-4-18/h5-6,16H,1-4,7H2,(H,17,19).